The number of benzene rings is 1. The number of phenols is 1. The Balaban J connectivity index is 2.11. The molecule has 1 heteroatoms. The molecule has 0 amide bonds. The average Bonchev–Trinajstić information content (AvgIpc) is 2.22. The Morgan fingerprint density at radius 1 is 1.19 bits per heavy atom. The topological polar surface area (TPSA) is 20.2 Å². The van der Waals surface area contributed by atoms with Crippen molar-refractivity contribution >= 4 is 0 Å². The zero-order chi connectivity index (χ0) is 11.8. The normalized spacial score (nSPS) is 20.9. The molecule has 88 valence electrons. The molecular weight excluding hydrogens is 196 g/mol. The van der Waals surface area contributed by atoms with Crippen LogP contribution in [0.4, 0.5) is 0 Å². The summed E-state index contributed by atoms with van der Waals surface area (Å²) < 4.78 is 0. The van der Waals surface area contributed by atoms with Crippen LogP contribution in [0.15, 0.2) is 18.2 Å². The minimum atomic E-state index is 0.417. The highest BCUT2D eigenvalue weighted by Crippen LogP contribution is 2.42. The van der Waals surface area contributed by atoms with Gasteiger partial charge in [0, 0.05) is 0 Å². The monoisotopic (exact) mass is 218 g/mol. The van der Waals surface area contributed by atoms with Crippen LogP contribution in [0, 0.1) is 12.3 Å². The van der Waals surface area contributed by atoms with Crippen LogP contribution in [-0.2, 0) is 0 Å². The summed E-state index contributed by atoms with van der Waals surface area (Å²) >= 11 is 0. The van der Waals surface area contributed by atoms with Gasteiger partial charge in [0.25, 0.3) is 0 Å². The molecular formula is C15H22O. The Bertz CT molecular complexity index is 369. The molecule has 2 rings (SSSR count). The van der Waals surface area contributed by atoms with Crippen molar-refractivity contribution in [2.24, 2.45) is 5.41 Å². The predicted octanol–water partition coefficient (Wildman–Crippen LogP) is 4.38. The molecule has 0 saturated heterocycles. The number of aromatic hydroxyl groups is 1. The van der Waals surface area contributed by atoms with Gasteiger partial charge in [-0.15, -0.1) is 0 Å². The Morgan fingerprint density at radius 2 is 1.81 bits per heavy atom. The van der Waals surface area contributed by atoms with Crippen LogP contribution >= 0.6 is 0 Å². The molecule has 0 atom stereocenters. The van der Waals surface area contributed by atoms with Gasteiger partial charge in [-0.1, -0.05) is 26.0 Å². The van der Waals surface area contributed by atoms with Gasteiger partial charge in [-0.2, -0.15) is 0 Å². The summed E-state index contributed by atoms with van der Waals surface area (Å²) in [4.78, 5) is 0. The number of phenolic OH excluding ortho intramolecular Hbond substituents is 1. The Hall–Kier alpha value is -0.980. The van der Waals surface area contributed by atoms with Crippen LogP contribution in [0.25, 0.3) is 0 Å². The number of aryl methyl sites for hydroxylation is 1. The van der Waals surface area contributed by atoms with Crippen molar-refractivity contribution in [1.82, 2.24) is 0 Å². The van der Waals surface area contributed by atoms with Crippen LogP contribution in [-0.4, -0.2) is 5.11 Å². The SMILES string of the molecule is Cc1cc(C2CCC(C)(C)CC2)ccc1O. The number of hydrogen-bond acceptors (Lipinski definition) is 1. The first-order chi connectivity index (χ1) is 7.48. The van der Waals surface area contributed by atoms with E-state index in [1.54, 1.807) is 0 Å². The molecule has 0 heterocycles. The van der Waals surface area contributed by atoms with Crippen molar-refractivity contribution in [3.63, 3.8) is 0 Å². The Labute approximate surface area is 98.5 Å². The predicted molar refractivity (Wildman–Crippen MR) is 67.8 cm³/mol. The standard InChI is InChI=1S/C15H22O/c1-11-10-13(4-5-14(11)16)12-6-8-15(2,3)9-7-12/h4-5,10,12,16H,6-9H2,1-3H3. The van der Waals surface area contributed by atoms with Gasteiger partial charge in [-0.3, -0.25) is 0 Å². The van der Waals surface area contributed by atoms with Gasteiger partial charge in [-0.25, -0.2) is 0 Å². The fourth-order valence-corrected chi connectivity index (χ4v) is 2.67. The fourth-order valence-electron chi connectivity index (χ4n) is 2.67. The van der Waals surface area contributed by atoms with Crippen molar-refractivity contribution in [2.45, 2.75) is 52.4 Å². The molecule has 1 aromatic rings. The van der Waals surface area contributed by atoms with E-state index in [1.807, 2.05) is 13.0 Å². The van der Waals surface area contributed by atoms with E-state index in [9.17, 15) is 5.11 Å². The summed E-state index contributed by atoms with van der Waals surface area (Å²) in [6.45, 7) is 6.71. The third-order valence-electron chi connectivity index (χ3n) is 4.03. The molecule has 1 N–H and O–H groups in total. The van der Waals surface area contributed by atoms with Crippen molar-refractivity contribution in [3.05, 3.63) is 29.3 Å². The number of rotatable bonds is 1. The molecule has 0 unspecified atom stereocenters. The Morgan fingerprint density at radius 3 is 2.38 bits per heavy atom. The van der Waals surface area contributed by atoms with Gasteiger partial charge in [-0.05, 0) is 61.1 Å². The van der Waals surface area contributed by atoms with E-state index in [1.165, 1.54) is 31.2 Å². The second-order valence-electron chi connectivity index (χ2n) is 5.98. The first kappa shape index (κ1) is 11.5. The van der Waals surface area contributed by atoms with Crippen molar-refractivity contribution < 1.29 is 5.11 Å². The van der Waals surface area contributed by atoms with Crippen molar-refractivity contribution in [1.29, 1.82) is 0 Å². The molecule has 0 spiro atoms. The lowest BCUT2D eigenvalue weighted by atomic mass is 9.71. The van der Waals surface area contributed by atoms with Gasteiger partial charge in [0.05, 0.1) is 0 Å². The molecule has 0 aliphatic heterocycles. The molecule has 0 bridgehead atoms. The number of hydrogen-bond donors (Lipinski definition) is 1. The van der Waals surface area contributed by atoms with Gasteiger partial charge >= 0.3 is 0 Å². The van der Waals surface area contributed by atoms with Crippen LogP contribution in [0.5, 0.6) is 5.75 Å². The quantitative estimate of drug-likeness (QED) is 0.741. The van der Waals surface area contributed by atoms with E-state index in [4.69, 9.17) is 0 Å². The van der Waals surface area contributed by atoms with E-state index in [2.05, 4.69) is 26.0 Å². The minimum absolute atomic E-state index is 0.417. The van der Waals surface area contributed by atoms with E-state index in [0.717, 1.165) is 5.56 Å². The van der Waals surface area contributed by atoms with Crippen LogP contribution in [0.1, 0.15) is 56.6 Å². The maximum absolute atomic E-state index is 9.53. The summed E-state index contributed by atoms with van der Waals surface area (Å²) in [7, 11) is 0. The lowest BCUT2D eigenvalue weighted by molar-refractivity contribution is 0.224. The van der Waals surface area contributed by atoms with E-state index >= 15 is 0 Å². The lowest BCUT2D eigenvalue weighted by Gasteiger charge is -2.34. The van der Waals surface area contributed by atoms with E-state index < -0.39 is 0 Å². The first-order valence-electron chi connectivity index (χ1n) is 6.27. The zero-order valence-electron chi connectivity index (χ0n) is 10.6. The van der Waals surface area contributed by atoms with E-state index in [0.29, 0.717) is 17.1 Å². The molecule has 1 aliphatic carbocycles. The average molecular weight is 218 g/mol. The third-order valence-corrected chi connectivity index (χ3v) is 4.03. The molecule has 1 aromatic carbocycles. The third kappa shape index (κ3) is 2.40. The molecule has 1 nitrogen and oxygen atoms in total. The Kier molecular flexibility index (Phi) is 2.96. The maximum Gasteiger partial charge on any atom is 0.118 e. The highest BCUT2D eigenvalue weighted by atomic mass is 16.3. The van der Waals surface area contributed by atoms with Gasteiger partial charge in [0.1, 0.15) is 5.75 Å². The maximum atomic E-state index is 9.53. The fraction of sp³-hybridized carbons (Fsp3) is 0.600. The second-order valence-corrected chi connectivity index (χ2v) is 5.98. The van der Waals surface area contributed by atoms with Gasteiger partial charge in [0.15, 0.2) is 0 Å². The van der Waals surface area contributed by atoms with E-state index in [-0.39, 0.29) is 0 Å². The van der Waals surface area contributed by atoms with Crippen molar-refractivity contribution in [2.75, 3.05) is 0 Å². The van der Waals surface area contributed by atoms with Gasteiger partial charge in [0.2, 0.25) is 0 Å². The summed E-state index contributed by atoms with van der Waals surface area (Å²) in [5, 5.41) is 9.53. The molecule has 0 aromatic heterocycles. The summed E-state index contributed by atoms with van der Waals surface area (Å²) in [6.07, 6.45) is 5.21. The molecule has 16 heavy (non-hydrogen) atoms. The highest BCUT2D eigenvalue weighted by molar-refractivity contribution is 5.36. The summed E-state index contributed by atoms with van der Waals surface area (Å²) in [5.41, 5.74) is 2.94. The summed E-state index contributed by atoms with van der Waals surface area (Å²) in [6, 6.07) is 6.08. The van der Waals surface area contributed by atoms with Crippen LogP contribution < -0.4 is 0 Å². The second kappa shape index (κ2) is 4.12. The molecule has 1 saturated carbocycles. The highest BCUT2D eigenvalue weighted by Gasteiger charge is 2.27. The molecule has 1 aliphatic rings. The first-order valence-corrected chi connectivity index (χ1v) is 6.27. The van der Waals surface area contributed by atoms with Crippen LogP contribution in [0.3, 0.4) is 0 Å². The van der Waals surface area contributed by atoms with Crippen molar-refractivity contribution in [3.8, 4) is 5.75 Å². The lowest BCUT2D eigenvalue weighted by Crippen LogP contribution is -2.20. The van der Waals surface area contributed by atoms with Gasteiger partial charge < -0.3 is 5.11 Å². The smallest absolute Gasteiger partial charge is 0.118 e. The zero-order valence-corrected chi connectivity index (χ0v) is 10.6. The van der Waals surface area contributed by atoms with Crippen LogP contribution in [0.2, 0.25) is 0 Å². The summed E-state index contributed by atoms with van der Waals surface area (Å²) in [5.74, 6) is 1.12. The largest absolute Gasteiger partial charge is 0.508 e. The molecule has 0 radical (unpaired) electrons. The molecule has 1 fully saturated rings. The minimum Gasteiger partial charge on any atom is -0.508 e.